The van der Waals surface area contributed by atoms with Crippen molar-refractivity contribution in [2.45, 2.75) is 19.6 Å². The summed E-state index contributed by atoms with van der Waals surface area (Å²) in [5.74, 6) is -0.643. The van der Waals surface area contributed by atoms with Gasteiger partial charge in [-0.2, -0.15) is 13.2 Å². The highest BCUT2D eigenvalue weighted by Crippen LogP contribution is 2.23. The number of nitrogens with zero attached hydrogens (tertiary/aromatic N) is 2. The molecule has 0 unspecified atom stereocenters. The number of fused-ring (bicyclic) bond motifs is 1. The van der Waals surface area contributed by atoms with Gasteiger partial charge in [0.15, 0.2) is 0 Å². The van der Waals surface area contributed by atoms with Crippen molar-refractivity contribution in [2.24, 2.45) is 0 Å². The van der Waals surface area contributed by atoms with Crippen LogP contribution in [0.4, 0.5) is 13.2 Å². The van der Waals surface area contributed by atoms with Gasteiger partial charge in [0.2, 0.25) is 0 Å². The zero-order valence-corrected chi connectivity index (χ0v) is 12.2. The second-order valence-corrected chi connectivity index (χ2v) is 4.92. The second-order valence-electron chi connectivity index (χ2n) is 4.92. The van der Waals surface area contributed by atoms with E-state index in [-0.39, 0.29) is 12.2 Å². The van der Waals surface area contributed by atoms with Crippen molar-refractivity contribution in [3.63, 3.8) is 0 Å². The van der Waals surface area contributed by atoms with Crippen LogP contribution >= 0.6 is 0 Å². The summed E-state index contributed by atoms with van der Waals surface area (Å²) in [5.41, 5.74) is 1.09. The van der Waals surface area contributed by atoms with Gasteiger partial charge in [0.25, 0.3) is 5.91 Å². The van der Waals surface area contributed by atoms with E-state index in [0.717, 1.165) is 15.8 Å². The Bertz CT molecular complexity index is 688. The lowest BCUT2D eigenvalue weighted by Crippen LogP contribution is -2.39. The van der Waals surface area contributed by atoms with Crippen LogP contribution < -0.4 is 0 Å². The molecule has 3 nitrogen and oxygen atoms in total. The summed E-state index contributed by atoms with van der Waals surface area (Å²) in [7, 11) is 0. The van der Waals surface area contributed by atoms with Crippen LogP contribution in [0.1, 0.15) is 17.4 Å². The fourth-order valence-corrected chi connectivity index (χ4v) is 2.48. The van der Waals surface area contributed by atoms with Crippen molar-refractivity contribution in [2.75, 3.05) is 13.1 Å². The first-order valence-electron chi connectivity index (χ1n) is 6.92. The zero-order valence-electron chi connectivity index (χ0n) is 12.2. The van der Waals surface area contributed by atoms with Gasteiger partial charge >= 0.3 is 6.18 Å². The predicted octanol–water partition coefficient (Wildman–Crippen LogP) is 3.85. The Morgan fingerprint density at radius 2 is 2.05 bits per heavy atom. The van der Waals surface area contributed by atoms with Gasteiger partial charge in [-0.3, -0.25) is 4.79 Å². The average Bonchev–Trinajstić information content (AvgIpc) is 2.83. The predicted molar refractivity (Wildman–Crippen MR) is 79.8 cm³/mol. The second kappa shape index (κ2) is 6.25. The number of halogens is 3. The van der Waals surface area contributed by atoms with E-state index >= 15 is 0 Å². The molecule has 2 aromatic rings. The first-order valence-corrected chi connectivity index (χ1v) is 6.92. The van der Waals surface area contributed by atoms with Crippen molar-refractivity contribution in [3.8, 4) is 0 Å². The van der Waals surface area contributed by atoms with Gasteiger partial charge in [-0.15, -0.1) is 6.58 Å². The first-order chi connectivity index (χ1) is 10.4. The van der Waals surface area contributed by atoms with Crippen molar-refractivity contribution in [3.05, 3.63) is 48.7 Å². The molecule has 0 aliphatic carbocycles. The fourth-order valence-electron chi connectivity index (χ4n) is 2.48. The molecule has 0 saturated carbocycles. The molecule has 1 amide bonds. The third-order valence-corrected chi connectivity index (χ3v) is 3.35. The van der Waals surface area contributed by atoms with E-state index < -0.39 is 18.6 Å². The Balaban J connectivity index is 2.44. The fraction of sp³-hybridized carbons (Fsp3) is 0.312. The lowest BCUT2D eigenvalue weighted by atomic mass is 10.2. The maximum Gasteiger partial charge on any atom is 0.406 e. The molecule has 2 rings (SSSR count). The van der Waals surface area contributed by atoms with Crippen molar-refractivity contribution >= 4 is 16.8 Å². The maximum atomic E-state index is 12.7. The van der Waals surface area contributed by atoms with Crippen LogP contribution in [0.2, 0.25) is 0 Å². The van der Waals surface area contributed by atoms with Gasteiger partial charge in [0.05, 0.1) is 0 Å². The molecule has 0 aliphatic heterocycles. The molecule has 0 aliphatic rings. The number of carbonyl (C=O) groups excluding carboxylic acids is 1. The topological polar surface area (TPSA) is 25.2 Å². The Kier molecular flexibility index (Phi) is 4.59. The molecule has 22 heavy (non-hydrogen) atoms. The summed E-state index contributed by atoms with van der Waals surface area (Å²) in [4.78, 5) is 13.3. The third kappa shape index (κ3) is 3.32. The van der Waals surface area contributed by atoms with Crippen molar-refractivity contribution in [1.82, 2.24) is 9.47 Å². The number of carbonyl (C=O) groups is 1. The summed E-state index contributed by atoms with van der Waals surface area (Å²) in [6, 6.07) is 8.97. The number of alkyl halides is 3. The number of hydrogen-bond acceptors (Lipinski definition) is 1. The van der Waals surface area contributed by atoms with Gasteiger partial charge in [-0.05, 0) is 19.1 Å². The SMILES string of the molecule is C=CCN(CC(F)(F)F)C(=O)c1cc2ccccc2n1CC. The smallest absolute Gasteiger partial charge is 0.337 e. The number of para-hydroxylation sites is 1. The Labute approximate surface area is 126 Å². The quantitative estimate of drug-likeness (QED) is 0.770. The van der Waals surface area contributed by atoms with E-state index in [1.165, 1.54) is 6.08 Å². The highest BCUT2D eigenvalue weighted by atomic mass is 19.4. The van der Waals surface area contributed by atoms with Gasteiger partial charge in [0.1, 0.15) is 12.2 Å². The number of aromatic nitrogens is 1. The average molecular weight is 310 g/mol. The Hall–Kier alpha value is -2.24. The molecule has 0 N–H and O–H groups in total. The molecule has 6 heteroatoms. The van der Waals surface area contributed by atoms with Crippen LogP contribution in [0.5, 0.6) is 0 Å². The summed E-state index contributed by atoms with van der Waals surface area (Å²) in [6.45, 7) is 4.34. The molecule has 1 aromatic carbocycles. The van der Waals surface area contributed by atoms with E-state index in [4.69, 9.17) is 0 Å². The van der Waals surface area contributed by atoms with Crippen LogP contribution in [0.15, 0.2) is 43.0 Å². The lowest BCUT2D eigenvalue weighted by molar-refractivity contribution is -0.139. The maximum absolute atomic E-state index is 12.7. The minimum absolute atomic E-state index is 0.149. The third-order valence-electron chi connectivity index (χ3n) is 3.35. The van der Waals surface area contributed by atoms with E-state index in [2.05, 4.69) is 6.58 Å². The van der Waals surface area contributed by atoms with Crippen LogP contribution in [0.3, 0.4) is 0 Å². The monoisotopic (exact) mass is 310 g/mol. The van der Waals surface area contributed by atoms with Crippen LogP contribution in [-0.2, 0) is 6.54 Å². The summed E-state index contributed by atoms with van der Waals surface area (Å²) in [5, 5.41) is 0.832. The normalized spacial score (nSPS) is 11.6. The van der Waals surface area contributed by atoms with Crippen LogP contribution in [-0.4, -0.2) is 34.6 Å². The van der Waals surface area contributed by atoms with Crippen LogP contribution in [0.25, 0.3) is 10.9 Å². The molecule has 1 heterocycles. The standard InChI is InChI=1S/C16H17F3N2O/c1-3-9-20(11-16(17,18)19)15(22)14-10-12-7-5-6-8-13(12)21(14)4-2/h3,5-8,10H,1,4,9,11H2,2H3. The van der Waals surface area contributed by atoms with Gasteiger partial charge < -0.3 is 9.47 Å². The molecule has 0 atom stereocenters. The highest BCUT2D eigenvalue weighted by molar-refractivity contribution is 5.98. The Morgan fingerprint density at radius 3 is 2.64 bits per heavy atom. The number of aryl methyl sites for hydroxylation is 1. The molecule has 0 spiro atoms. The summed E-state index contributed by atoms with van der Waals surface area (Å²) >= 11 is 0. The molecule has 0 radical (unpaired) electrons. The summed E-state index contributed by atoms with van der Waals surface area (Å²) < 4.78 is 39.7. The van der Waals surface area contributed by atoms with Gasteiger partial charge in [-0.1, -0.05) is 24.3 Å². The molecule has 1 aromatic heterocycles. The minimum Gasteiger partial charge on any atom is -0.337 e. The van der Waals surface area contributed by atoms with Gasteiger partial charge in [-0.25, -0.2) is 0 Å². The number of benzene rings is 1. The summed E-state index contributed by atoms with van der Waals surface area (Å²) in [6.07, 6.45) is -3.15. The molecule has 118 valence electrons. The highest BCUT2D eigenvalue weighted by Gasteiger charge is 2.33. The van der Waals surface area contributed by atoms with E-state index in [1.807, 2.05) is 31.2 Å². The minimum atomic E-state index is -4.44. The Morgan fingerprint density at radius 1 is 1.36 bits per heavy atom. The van der Waals surface area contributed by atoms with Crippen molar-refractivity contribution < 1.29 is 18.0 Å². The molecule has 0 fully saturated rings. The van der Waals surface area contributed by atoms with E-state index in [0.29, 0.717) is 6.54 Å². The molecular formula is C16H17F3N2O. The number of hydrogen-bond donors (Lipinski definition) is 0. The van der Waals surface area contributed by atoms with Crippen molar-refractivity contribution in [1.29, 1.82) is 0 Å². The van der Waals surface area contributed by atoms with E-state index in [9.17, 15) is 18.0 Å². The zero-order chi connectivity index (χ0) is 16.3. The largest absolute Gasteiger partial charge is 0.406 e. The van der Waals surface area contributed by atoms with Gasteiger partial charge in [0, 0.05) is 24.0 Å². The molecule has 0 saturated heterocycles. The van der Waals surface area contributed by atoms with E-state index in [1.54, 1.807) is 10.6 Å². The number of amides is 1. The molecule has 0 bridgehead atoms. The lowest BCUT2D eigenvalue weighted by Gasteiger charge is -2.23. The van der Waals surface area contributed by atoms with Crippen LogP contribution in [0, 0.1) is 0 Å². The number of rotatable bonds is 5. The molecular weight excluding hydrogens is 293 g/mol. The first kappa shape index (κ1) is 16.1.